The van der Waals surface area contributed by atoms with Gasteiger partial charge in [0.25, 0.3) is 11.8 Å². The number of ether oxygens (including phenoxy) is 2. The van der Waals surface area contributed by atoms with Crippen molar-refractivity contribution in [1.82, 2.24) is 5.01 Å². The van der Waals surface area contributed by atoms with Gasteiger partial charge in [0.2, 0.25) is 0 Å². The van der Waals surface area contributed by atoms with E-state index in [9.17, 15) is 9.59 Å². The van der Waals surface area contributed by atoms with Crippen LogP contribution in [0.2, 0.25) is 5.02 Å². The summed E-state index contributed by atoms with van der Waals surface area (Å²) < 4.78 is 12.5. The van der Waals surface area contributed by atoms with Crippen molar-refractivity contribution in [3.05, 3.63) is 127 Å². The van der Waals surface area contributed by atoms with Crippen LogP contribution in [0.15, 0.2) is 90.0 Å². The number of rotatable bonds is 6. The van der Waals surface area contributed by atoms with Crippen LogP contribution < -0.4 is 9.47 Å². The van der Waals surface area contributed by atoms with Gasteiger partial charge in [-0.15, -0.1) is 0 Å². The number of hydrogen-bond acceptors (Lipinski definition) is 5. The Kier molecular flexibility index (Phi) is 6.59. The maximum atomic E-state index is 13.8. The zero-order valence-electron chi connectivity index (χ0n) is 22.0. The fourth-order valence-electron chi connectivity index (χ4n) is 6.62. The molecule has 1 fully saturated rings. The molecule has 2 amide bonds. The van der Waals surface area contributed by atoms with Crippen LogP contribution in [0.4, 0.5) is 0 Å². The van der Waals surface area contributed by atoms with Gasteiger partial charge in [-0.05, 0) is 68.6 Å². The monoisotopic (exact) mass is 674 g/mol. The number of amides is 2. The van der Waals surface area contributed by atoms with Crippen molar-refractivity contribution in [2.24, 2.45) is 16.9 Å². The van der Waals surface area contributed by atoms with Gasteiger partial charge in [-0.25, -0.2) is 0 Å². The summed E-state index contributed by atoms with van der Waals surface area (Å²) in [5.74, 6) is -0.671. The number of halogens is 2. The van der Waals surface area contributed by atoms with Gasteiger partial charge >= 0.3 is 0 Å². The maximum absolute atomic E-state index is 13.8. The first kappa shape index (κ1) is 26.2. The van der Waals surface area contributed by atoms with Crippen molar-refractivity contribution in [2.75, 3.05) is 7.11 Å². The molecule has 4 aromatic carbocycles. The van der Waals surface area contributed by atoms with Crippen molar-refractivity contribution < 1.29 is 19.1 Å². The third kappa shape index (κ3) is 4.16. The second-order valence-corrected chi connectivity index (χ2v) is 12.0. The predicted octanol–water partition coefficient (Wildman–Crippen LogP) is 6.76. The van der Waals surface area contributed by atoms with E-state index in [0.29, 0.717) is 22.1 Å². The number of nitrogens with zero attached hydrogens (tertiary/aromatic N) is 2. The molecule has 0 spiro atoms. The quantitative estimate of drug-likeness (QED) is 0.129. The van der Waals surface area contributed by atoms with Crippen LogP contribution in [0.5, 0.6) is 11.5 Å². The summed E-state index contributed by atoms with van der Waals surface area (Å²) in [6.07, 6.45) is 1.54. The normalized spacial score (nSPS) is 22.1. The molecule has 1 saturated heterocycles. The molecule has 3 aliphatic carbocycles. The molecule has 4 aromatic rings. The van der Waals surface area contributed by atoms with E-state index in [-0.39, 0.29) is 30.3 Å². The van der Waals surface area contributed by atoms with E-state index in [1.165, 1.54) is 6.21 Å². The molecule has 0 radical (unpaired) electrons. The minimum Gasteiger partial charge on any atom is -0.493 e. The molecule has 2 atom stereocenters. The van der Waals surface area contributed by atoms with Gasteiger partial charge in [-0.2, -0.15) is 10.1 Å². The van der Waals surface area contributed by atoms with Crippen LogP contribution in [-0.4, -0.2) is 30.1 Å². The van der Waals surface area contributed by atoms with E-state index in [1.54, 1.807) is 13.2 Å². The number of carbonyl (C=O) groups is 2. The molecule has 0 saturated carbocycles. The first-order valence-corrected chi connectivity index (χ1v) is 14.8. The van der Waals surface area contributed by atoms with Gasteiger partial charge in [0.1, 0.15) is 6.61 Å². The largest absolute Gasteiger partial charge is 0.493 e. The van der Waals surface area contributed by atoms with Gasteiger partial charge in [-0.3, -0.25) is 9.59 Å². The Balaban J connectivity index is 1.18. The van der Waals surface area contributed by atoms with Crippen LogP contribution in [0, 0.1) is 15.4 Å². The maximum Gasteiger partial charge on any atom is 0.254 e. The third-order valence-corrected chi connectivity index (χ3v) is 9.50. The minimum absolute atomic E-state index is 0.162. The average Bonchev–Trinajstić information content (AvgIpc) is 3.25. The Labute approximate surface area is 256 Å². The first-order chi connectivity index (χ1) is 20.0. The summed E-state index contributed by atoms with van der Waals surface area (Å²) in [6, 6.07) is 27.5. The molecule has 1 heterocycles. The zero-order valence-corrected chi connectivity index (χ0v) is 24.9. The van der Waals surface area contributed by atoms with Crippen LogP contribution in [0.25, 0.3) is 0 Å². The number of benzene rings is 4. The first-order valence-electron chi connectivity index (χ1n) is 13.3. The summed E-state index contributed by atoms with van der Waals surface area (Å²) in [4.78, 5) is 27.6. The Morgan fingerprint density at radius 1 is 0.854 bits per heavy atom. The lowest BCUT2D eigenvalue weighted by Gasteiger charge is -2.45. The highest BCUT2D eigenvalue weighted by Gasteiger charge is 2.61. The van der Waals surface area contributed by atoms with Crippen LogP contribution in [-0.2, 0) is 16.2 Å². The van der Waals surface area contributed by atoms with Gasteiger partial charge in [0, 0.05) is 22.4 Å². The number of hydrazone groups is 1. The molecule has 0 unspecified atom stereocenters. The summed E-state index contributed by atoms with van der Waals surface area (Å²) in [5.41, 5.74) is 6.09. The molecule has 0 aromatic heterocycles. The topological polar surface area (TPSA) is 68.2 Å². The van der Waals surface area contributed by atoms with Gasteiger partial charge in [-0.1, -0.05) is 78.3 Å². The summed E-state index contributed by atoms with van der Waals surface area (Å²) >= 11 is 8.46. The Hall–Kier alpha value is -3.69. The van der Waals surface area contributed by atoms with Gasteiger partial charge in [0.05, 0.1) is 28.7 Å². The molecule has 2 bridgehead atoms. The minimum atomic E-state index is -0.468. The second kappa shape index (κ2) is 10.3. The lowest BCUT2D eigenvalue weighted by atomic mass is 9.55. The van der Waals surface area contributed by atoms with E-state index >= 15 is 0 Å². The van der Waals surface area contributed by atoms with Crippen molar-refractivity contribution >= 4 is 52.2 Å². The molecule has 41 heavy (non-hydrogen) atoms. The van der Waals surface area contributed by atoms with E-state index in [2.05, 4.69) is 52.0 Å². The molecule has 0 N–H and O–H groups in total. The van der Waals surface area contributed by atoms with E-state index in [4.69, 9.17) is 21.1 Å². The highest BCUT2D eigenvalue weighted by atomic mass is 127. The number of imide groups is 1. The van der Waals surface area contributed by atoms with Gasteiger partial charge in [0.15, 0.2) is 11.5 Å². The highest BCUT2D eigenvalue weighted by Crippen LogP contribution is 2.61. The summed E-state index contributed by atoms with van der Waals surface area (Å²) in [7, 11) is 1.57. The molecule has 1 aliphatic heterocycles. The molecule has 8 rings (SSSR count). The average molecular weight is 675 g/mol. The molecule has 4 aliphatic rings. The van der Waals surface area contributed by atoms with Crippen LogP contribution in [0.1, 0.15) is 45.2 Å². The third-order valence-electron chi connectivity index (χ3n) is 8.33. The van der Waals surface area contributed by atoms with Gasteiger partial charge < -0.3 is 9.47 Å². The van der Waals surface area contributed by atoms with E-state index in [1.807, 2.05) is 54.6 Å². The lowest BCUT2D eigenvalue weighted by molar-refractivity contribution is -0.139. The van der Waals surface area contributed by atoms with Crippen LogP contribution >= 0.6 is 34.2 Å². The molecule has 204 valence electrons. The standard InChI is InChI=1S/C33H24ClIN2O4/c1-40-26-15-18(14-25(35)31(26)41-17-19-8-2-7-13-24(19)34)16-36-37-32(38)29-27-20-9-3-4-10-21(20)28(30(29)33(37)39)23-12-6-5-11-22(23)27/h2-16,27-30H,17H2,1H3/b36-16-/t27?,28?,29-,30-/m1/s1. The van der Waals surface area contributed by atoms with Crippen molar-refractivity contribution in [3.63, 3.8) is 0 Å². The van der Waals surface area contributed by atoms with Crippen molar-refractivity contribution in [2.45, 2.75) is 18.4 Å². The summed E-state index contributed by atoms with van der Waals surface area (Å²) in [6.45, 7) is 0.284. The Bertz CT molecular complexity index is 1640. The smallest absolute Gasteiger partial charge is 0.254 e. The van der Waals surface area contributed by atoms with Crippen molar-refractivity contribution in [1.29, 1.82) is 0 Å². The van der Waals surface area contributed by atoms with E-state index < -0.39 is 11.8 Å². The number of methoxy groups -OCH3 is 1. The number of carbonyl (C=O) groups excluding carboxylic acids is 2. The molecular weight excluding hydrogens is 651 g/mol. The zero-order chi connectivity index (χ0) is 28.2. The van der Waals surface area contributed by atoms with Crippen molar-refractivity contribution in [3.8, 4) is 11.5 Å². The SMILES string of the molecule is COc1cc(/C=N\N2C(=O)[C@@H]3C4c5ccccc5C(c5ccccc54)[C@H]3C2=O)cc(I)c1OCc1ccccc1Cl. The predicted molar refractivity (Wildman–Crippen MR) is 164 cm³/mol. The molecule has 6 nitrogen and oxygen atoms in total. The second-order valence-electron chi connectivity index (χ2n) is 10.4. The van der Waals surface area contributed by atoms with E-state index in [0.717, 1.165) is 36.4 Å². The lowest BCUT2D eigenvalue weighted by Crippen LogP contribution is -2.41. The highest BCUT2D eigenvalue weighted by molar-refractivity contribution is 14.1. The molecular formula is C33H24ClIN2O4. The summed E-state index contributed by atoms with van der Waals surface area (Å²) in [5, 5.41) is 6.15. The fourth-order valence-corrected chi connectivity index (χ4v) is 7.59. The number of hydrogen-bond donors (Lipinski definition) is 0. The Morgan fingerprint density at radius 3 is 1.93 bits per heavy atom. The Morgan fingerprint density at radius 2 is 1.39 bits per heavy atom. The van der Waals surface area contributed by atoms with Crippen LogP contribution in [0.3, 0.4) is 0 Å². The fraction of sp³-hybridized carbons (Fsp3) is 0.182. The molecule has 8 heteroatoms.